The van der Waals surface area contributed by atoms with Crippen LogP contribution in [-0.4, -0.2) is 19.0 Å². The number of halogens is 2. The molecule has 0 N–H and O–H groups in total. The predicted molar refractivity (Wildman–Crippen MR) is 138 cm³/mol. The molecule has 3 nitrogen and oxygen atoms in total. The molecule has 0 radical (unpaired) electrons. The normalized spacial score (nSPS) is 11.0. The first kappa shape index (κ1) is 23.4. The third-order valence-electron chi connectivity index (χ3n) is 5.64. The summed E-state index contributed by atoms with van der Waals surface area (Å²) in [5.41, 5.74) is 5.69. The highest BCUT2D eigenvalue weighted by Gasteiger charge is 2.29. The van der Waals surface area contributed by atoms with Crippen LogP contribution in [0.15, 0.2) is 85.1 Å². The summed E-state index contributed by atoms with van der Waals surface area (Å²) in [5.74, 6) is 0.783. The van der Waals surface area contributed by atoms with Crippen molar-refractivity contribution in [2.45, 2.75) is 20.0 Å². The Bertz CT molecular complexity index is 1180. The molecule has 4 aromatic rings. The molecule has 1 heterocycles. The molecule has 0 atom stereocenters. The maximum atomic E-state index is 6.84. The molecular weight excluding hydrogens is 452 g/mol. The molecule has 0 bridgehead atoms. The van der Waals surface area contributed by atoms with Gasteiger partial charge >= 0.3 is 6.92 Å². The molecule has 4 rings (SSSR count). The number of hydrogen-bond donors (Lipinski definition) is 0. The lowest BCUT2D eigenvalue weighted by molar-refractivity contribution is 0.258. The predicted octanol–water partition coefficient (Wildman–Crippen LogP) is 5.93. The Labute approximate surface area is 205 Å². The van der Waals surface area contributed by atoms with Gasteiger partial charge in [0.25, 0.3) is 0 Å². The van der Waals surface area contributed by atoms with Gasteiger partial charge in [-0.3, -0.25) is 4.98 Å². The van der Waals surface area contributed by atoms with Crippen LogP contribution in [0.4, 0.5) is 0 Å². The highest BCUT2D eigenvalue weighted by atomic mass is 35.5. The zero-order chi connectivity index (χ0) is 23.4. The number of rotatable bonds is 7. The van der Waals surface area contributed by atoms with Crippen LogP contribution >= 0.6 is 23.2 Å². The molecule has 0 spiro atoms. The molecule has 0 aliphatic carbocycles. The van der Waals surface area contributed by atoms with Crippen LogP contribution < -0.4 is 15.8 Å². The maximum absolute atomic E-state index is 6.84. The van der Waals surface area contributed by atoms with E-state index in [9.17, 15) is 0 Å². The third kappa shape index (κ3) is 5.41. The maximum Gasteiger partial charge on any atom is 0.381 e. The fraction of sp³-hybridized carbons (Fsp3) is 0.148. The zero-order valence-electron chi connectivity index (χ0n) is 18.8. The summed E-state index contributed by atoms with van der Waals surface area (Å²) in [5, 5.41) is 1.39. The summed E-state index contributed by atoms with van der Waals surface area (Å²) in [6, 6.07) is 25.7. The zero-order valence-corrected chi connectivity index (χ0v) is 20.3. The van der Waals surface area contributed by atoms with Crippen molar-refractivity contribution < 1.29 is 9.39 Å². The lowest BCUT2D eigenvalue weighted by Crippen LogP contribution is -2.47. The molecule has 0 amide bonds. The van der Waals surface area contributed by atoms with E-state index in [1.165, 1.54) is 0 Å². The van der Waals surface area contributed by atoms with Gasteiger partial charge in [0, 0.05) is 21.8 Å². The second-order valence-electron chi connectivity index (χ2n) is 7.94. The molecular formula is C27H24BCl2NO2. The fourth-order valence-corrected chi connectivity index (χ4v) is 4.04. The monoisotopic (exact) mass is 475 g/mol. The molecule has 0 fully saturated rings. The van der Waals surface area contributed by atoms with Crippen LogP contribution in [0, 0.1) is 13.8 Å². The highest BCUT2D eigenvalue weighted by molar-refractivity contribution is 6.79. The fourth-order valence-electron chi connectivity index (χ4n) is 3.66. The van der Waals surface area contributed by atoms with E-state index in [0.717, 1.165) is 39.1 Å². The van der Waals surface area contributed by atoms with Crippen molar-refractivity contribution in [1.29, 1.82) is 0 Å². The summed E-state index contributed by atoms with van der Waals surface area (Å²) in [6.07, 6.45) is 1.37. The number of aromatic nitrogens is 1. The van der Waals surface area contributed by atoms with Crippen molar-refractivity contribution in [3.05, 3.63) is 117 Å². The van der Waals surface area contributed by atoms with E-state index in [1.54, 1.807) is 13.3 Å². The minimum atomic E-state index is -0.415. The Morgan fingerprint density at radius 2 is 1.39 bits per heavy atom. The van der Waals surface area contributed by atoms with Gasteiger partial charge in [0.15, 0.2) is 0 Å². The molecule has 166 valence electrons. The van der Waals surface area contributed by atoms with Gasteiger partial charge in [-0.05, 0) is 78.0 Å². The second kappa shape index (κ2) is 10.4. The Hall–Kier alpha value is -2.79. The van der Waals surface area contributed by atoms with Crippen molar-refractivity contribution in [2.24, 2.45) is 0 Å². The van der Waals surface area contributed by atoms with Gasteiger partial charge in [0.1, 0.15) is 5.75 Å². The van der Waals surface area contributed by atoms with Crippen LogP contribution in [0.25, 0.3) is 0 Å². The number of nitrogens with zero attached hydrogens (tertiary/aromatic N) is 1. The largest absolute Gasteiger partial charge is 0.497 e. The topological polar surface area (TPSA) is 31.4 Å². The third-order valence-corrected chi connectivity index (χ3v) is 6.46. The molecule has 3 aromatic carbocycles. The summed E-state index contributed by atoms with van der Waals surface area (Å²) >= 11 is 13.0. The van der Waals surface area contributed by atoms with E-state index in [1.807, 2.05) is 92.7 Å². The standard InChI is InChI=1S/C27H24BCl2NO2/c1-18-7-9-20(16-24(18)29)27(21-10-8-19(2)25(30)17-21)33-28(26-6-4-5-15-31-26)22-11-13-23(32-3)14-12-22/h4-17,27H,1-3H3. The van der Waals surface area contributed by atoms with Crippen LogP contribution in [0.5, 0.6) is 5.75 Å². The first-order valence-corrected chi connectivity index (χ1v) is 11.4. The Morgan fingerprint density at radius 3 is 1.88 bits per heavy atom. The lowest BCUT2D eigenvalue weighted by Gasteiger charge is -2.25. The summed E-state index contributed by atoms with van der Waals surface area (Å²) in [6.45, 7) is 3.56. The number of benzene rings is 3. The van der Waals surface area contributed by atoms with Crippen LogP contribution in [0.3, 0.4) is 0 Å². The van der Waals surface area contributed by atoms with Gasteiger partial charge in [-0.25, -0.2) is 0 Å². The average molecular weight is 476 g/mol. The smallest absolute Gasteiger partial charge is 0.381 e. The number of aryl methyl sites for hydroxylation is 2. The first-order valence-electron chi connectivity index (χ1n) is 10.7. The summed E-state index contributed by atoms with van der Waals surface area (Å²) < 4.78 is 12.2. The van der Waals surface area contributed by atoms with Gasteiger partial charge in [-0.15, -0.1) is 0 Å². The molecule has 0 saturated heterocycles. The van der Waals surface area contributed by atoms with E-state index in [-0.39, 0.29) is 0 Å². The number of pyridine rings is 1. The van der Waals surface area contributed by atoms with Gasteiger partial charge in [-0.1, -0.05) is 65.7 Å². The summed E-state index contributed by atoms with van der Waals surface area (Å²) in [4.78, 5) is 4.59. The molecule has 1 aromatic heterocycles. The molecule has 0 saturated carbocycles. The van der Waals surface area contributed by atoms with Crippen LogP contribution in [0.1, 0.15) is 28.4 Å². The minimum absolute atomic E-state index is 0.407. The minimum Gasteiger partial charge on any atom is -0.497 e. The van der Waals surface area contributed by atoms with E-state index >= 15 is 0 Å². The summed E-state index contributed by atoms with van der Waals surface area (Å²) in [7, 11) is 1.65. The van der Waals surface area contributed by atoms with Crippen molar-refractivity contribution in [3.8, 4) is 5.75 Å². The van der Waals surface area contributed by atoms with Gasteiger partial charge < -0.3 is 9.39 Å². The Morgan fingerprint density at radius 1 is 0.788 bits per heavy atom. The first-order chi connectivity index (χ1) is 16.0. The SMILES string of the molecule is COc1ccc(B(OC(c2ccc(C)c(Cl)c2)c2ccc(C)c(Cl)c2)c2ccccn2)cc1. The average Bonchev–Trinajstić information content (AvgIpc) is 2.84. The molecule has 0 aliphatic rings. The highest BCUT2D eigenvalue weighted by Crippen LogP contribution is 2.32. The van der Waals surface area contributed by atoms with Crippen molar-refractivity contribution in [1.82, 2.24) is 4.98 Å². The van der Waals surface area contributed by atoms with E-state index in [2.05, 4.69) is 4.98 Å². The lowest BCUT2D eigenvalue weighted by atomic mass is 9.57. The number of methoxy groups -OCH3 is 1. The van der Waals surface area contributed by atoms with Crippen molar-refractivity contribution >= 4 is 41.2 Å². The quantitative estimate of drug-likeness (QED) is 0.310. The van der Waals surface area contributed by atoms with Crippen molar-refractivity contribution in [2.75, 3.05) is 7.11 Å². The number of ether oxygens (including phenoxy) is 1. The Kier molecular flexibility index (Phi) is 7.39. The molecule has 33 heavy (non-hydrogen) atoms. The van der Waals surface area contributed by atoms with E-state index in [0.29, 0.717) is 10.0 Å². The van der Waals surface area contributed by atoms with Gasteiger partial charge in [0.05, 0.1) is 13.2 Å². The van der Waals surface area contributed by atoms with Crippen LogP contribution in [0.2, 0.25) is 10.0 Å². The second-order valence-corrected chi connectivity index (χ2v) is 8.76. The van der Waals surface area contributed by atoms with Crippen molar-refractivity contribution in [3.63, 3.8) is 0 Å². The van der Waals surface area contributed by atoms with Crippen LogP contribution in [-0.2, 0) is 4.65 Å². The van der Waals surface area contributed by atoms with Gasteiger partial charge in [-0.2, -0.15) is 0 Å². The molecule has 0 unspecified atom stereocenters. The van der Waals surface area contributed by atoms with E-state index < -0.39 is 13.0 Å². The number of hydrogen-bond acceptors (Lipinski definition) is 3. The Balaban J connectivity index is 1.82. The van der Waals surface area contributed by atoms with E-state index in [4.69, 9.17) is 32.6 Å². The van der Waals surface area contributed by atoms with Gasteiger partial charge in [0.2, 0.25) is 0 Å². The molecule has 0 aliphatic heterocycles. The molecule has 6 heteroatoms.